The normalized spacial score (nSPS) is 20.7. The maximum absolute atomic E-state index is 9.52. The minimum atomic E-state index is 0.344. The smallest absolute Gasteiger partial charge is 0.115 e. The number of aryl methyl sites for hydroxylation is 2. The van der Waals surface area contributed by atoms with Crippen molar-refractivity contribution in [1.82, 2.24) is 9.80 Å². The van der Waals surface area contributed by atoms with Crippen LogP contribution in [0.5, 0.6) is 5.75 Å². The Kier molecular flexibility index (Phi) is 7.61. The van der Waals surface area contributed by atoms with E-state index in [0.717, 1.165) is 45.0 Å². The maximum Gasteiger partial charge on any atom is 0.115 e. The number of piperazine rings is 1. The van der Waals surface area contributed by atoms with Crippen molar-refractivity contribution in [2.24, 2.45) is 0 Å². The van der Waals surface area contributed by atoms with Crippen LogP contribution in [0.1, 0.15) is 42.9 Å². The quantitative estimate of drug-likeness (QED) is 0.615. The number of hydrogen-bond donors (Lipinski definition) is 2. The predicted molar refractivity (Wildman–Crippen MR) is 139 cm³/mol. The van der Waals surface area contributed by atoms with E-state index in [1.165, 1.54) is 41.6 Å². The molecule has 1 unspecified atom stereocenters. The second-order valence-electron chi connectivity index (χ2n) is 9.73. The highest BCUT2D eigenvalue weighted by atomic mass is 16.3. The molecule has 2 N–H and O–H groups in total. The Morgan fingerprint density at radius 3 is 2.30 bits per heavy atom. The molecule has 5 heteroatoms. The molecule has 2 fully saturated rings. The molecule has 2 aromatic rings. The highest BCUT2D eigenvalue weighted by Crippen LogP contribution is 2.32. The molecule has 5 nitrogen and oxygen atoms in total. The summed E-state index contributed by atoms with van der Waals surface area (Å²) in [5, 5.41) is 12.7. The zero-order chi connectivity index (χ0) is 23.4. The first-order valence-electron chi connectivity index (χ1n) is 12.5. The third-order valence-corrected chi connectivity index (χ3v) is 7.44. The number of benzene rings is 2. The van der Waals surface area contributed by atoms with E-state index in [0.29, 0.717) is 17.8 Å². The van der Waals surface area contributed by atoms with Crippen LogP contribution < -0.4 is 10.2 Å². The van der Waals surface area contributed by atoms with Crippen LogP contribution in [0, 0.1) is 13.8 Å². The summed E-state index contributed by atoms with van der Waals surface area (Å²) in [5.41, 5.74) is 6.49. The SMILES string of the molecule is C=CNc1cc(C)c(N2CCN(C3CCN(Cc4ccc(O)cc4)CC3)C(CC)C2)c(C)c1. The van der Waals surface area contributed by atoms with Gasteiger partial charge in [-0.05, 0) is 93.4 Å². The predicted octanol–water partition coefficient (Wildman–Crippen LogP) is 5.13. The first-order chi connectivity index (χ1) is 16.0. The fourth-order valence-electron chi connectivity index (χ4n) is 5.84. The van der Waals surface area contributed by atoms with Crippen molar-refractivity contribution in [3.63, 3.8) is 0 Å². The minimum Gasteiger partial charge on any atom is -0.508 e. The first kappa shape index (κ1) is 23.7. The number of likely N-dealkylation sites (tertiary alicyclic amines) is 1. The van der Waals surface area contributed by atoms with Gasteiger partial charge in [0.2, 0.25) is 0 Å². The van der Waals surface area contributed by atoms with Crippen LogP contribution in [0.3, 0.4) is 0 Å². The number of aromatic hydroxyl groups is 1. The van der Waals surface area contributed by atoms with Gasteiger partial charge in [0.05, 0.1) is 0 Å². The number of phenolic OH excluding ortho intramolecular Hbond substituents is 1. The summed E-state index contributed by atoms with van der Waals surface area (Å²) in [5.74, 6) is 0.344. The molecule has 0 aromatic heterocycles. The van der Waals surface area contributed by atoms with E-state index in [4.69, 9.17) is 0 Å². The van der Waals surface area contributed by atoms with E-state index in [-0.39, 0.29) is 0 Å². The minimum absolute atomic E-state index is 0.344. The van der Waals surface area contributed by atoms with E-state index in [2.05, 4.69) is 59.5 Å². The Morgan fingerprint density at radius 1 is 1.03 bits per heavy atom. The fraction of sp³-hybridized carbons (Fsp3) is 0.500. The molecule has 178 valence electrons. The van der Waals surface area contributed by atoms with Crippen molar-refractivity contribution < 1.29 is 5.11 Å². The van der Waals surface area contributed by atoms with Crippen LogP contribution in [0.4, 0.5) is 11.4 Å². The van der Waals surface area contributed by atoms with Crippen LogP contribution in [0.2, 0.25) is 0 Å². The third-order valence-electron chi connectivity index (χ3n) is 7.44. The maximum atomic E-state index is 9.52. The monoisotopic (exact) mass is 448 g/mol. The van der Waals surface area contributed by atoms with Gasteiger partial charge >= 0.3 is 0 Å². The highest BCUT2D eigenvalue weighted by Gasteiger charge is 2.33. The third kappa shape index (κ3) is 5.53. The molecular weight excluding hydrogens is 408 g/mol. The van der Waals surface area contributed by atoms with Crippen LogP contribution >= 0.6 is 0 Å². The number of nitrogens with zero attached hydrogens (tertiary/aromatic N) is 3. The lowest BCUT2D eigenvalue weighted by atomic mass is 9.96. The molecule has 0 radical (unpaired) electrons. The van der Waals surface area contributed by atoms with Crippen LogP contribution in [0.25, 0.3) is 0 Å². The number of piperidine rings is 1. The van der Waals surface area contributed by atoms with Gasteiger partial charge in [-0.2, -0.15) is 0 Å². The van der Waals surface area contributed by atoms with E-state index >= 15 is 0 Å². The summed E-state index contributed by atoms with van der Waals surface area (Å²) in [6.45, 7) is 17.2. The number of phenols is 1. The highest BCUT2D eigenvalue weighted by molar-refractivity contribution is 5.66. The lowest BCUT2D eigenvalue weighted by Gasteiger charge is -2.48. The van der Waals surface area contributed by atoms with Crippen molar-refractivity contribution in [2.75, 3.05) is 42.9 Å². The Hall–Kier alpha value is -2.50. The lowest BCUT2D eigenvalue weighted by molar-refractivity contribution is 0.0611. The van der Waals surface area contributed by atoms with Gasteiger partial charge in [-0.25, -0.2) is 0 Å². The van der Waals surface area contributed by atoms with Gasteiger partial charge < -0.3 is 15.3 Å². The van der Waals surface area contributed by atoms with Crippen molar-refractivity contribution in [1.29, 1.82) is 0 Å². The van der Waals surface area contributed by atoms with Crippen LogP contribution in [-0.4, -0.2) is 59.7 Å². The zero-order valence-electron chi connectivity index (χ0n) is 20.6. The van der Waals surface area contributed by atoms with Crippen molar-refractivity contribution in [2.45, 2.75) is 58.7 Å². The van der Waals surface area contributed by atoms with Gasteiger partial charge in [-0.1, -0.05) is 25.6 Å². The van der Waals surface area contributed by atoms with Gasteiger partial charge in [-0.15, -0.1) is 0 Å². The molecule has 0 spiro atoms. The molecular formula is C28H40N4O. The average Bonchev–Trinajstić information content (AvgIpc) is 2.81. The van der Waals surface area contributed by atoms with E-state index in [1.54, 1.807) is 18.3 Å². The molecule has 1 atom stereocenters. The molecule has 0 amide bonds. The fourth-order valence-corrected chi connectivity index (χ4v) is 5.84. The molecule has 2 saturated heterocycles. The van der Waals surface area contributed by atoms with Gasteiger partial charge in [-0.3, -0.25) is 9.80 Å². The second-order valence-corrected chi connectivity index (χ2v) is 9.73. The molecule has 0 aliphatic carbocycles. The molecule has 0 saturated carbocycles. The number of hydrogen-bond acceptors (Lipinski definition) is 5. The Balaban J connectivity index is 1.36. The van der Waals surface area contributed by atoms with E-state index in [1.807, 2.05) is 12.1 Å². The zero-order valence-corrected chi connectivity index (χ0v) is 20.6. The average molecular weight is 449 g/mol. The lowest BCUT2D eigenvalue weighted by Crippen LogP contribution is -2.58. The van der Waals surface area contributed by atoms with Crippen LogP contribution in [0.15, 0.2) is 49.2 Å². The van der Waals surface area contributed by atoms with Gasteiger partial charge in [0.25, 0.3) is 0 Å². The molecule has 0 bridgehead atoms. The van der Waals surface area contributed by atoms with Crippen molar-refractivity contribution in [3.8, 4) is 5.75 Å². The molecule has 2 aromatic carbocycles. The summed E-state index contributed by atoms with van der Waals surface area (Å²) in [4.78, 5) is 7.99. The molecule has 33 heavy (non-hydrogen) atoms. The Labute approximate surface area is 199 Å². The van der Waals surface area contributed by atoms with Gasteiger partial charge in [0.15, 0.2) is 0 Å². The number of anilines is 2. The molecule has 2 aliphatic rings. The van der Waals surface area contributed by atoms with E-state index < -0.39 is 0 Å². The summed E-state index contributed by atoms with van der Waals surface area (Å²) >= 11 is 0. The summed E-state index contributed by atoms with van der Waals surface area (Å²) in [7, 11) is 0. The number of rotatable bonds is 7. The van der Waals surface area contributed by atoms with Gasteiger partial charge in [0, 0.05) is 49.6 Å². The summed E-state index contributed by atoms with van der Waals surface area (Å²) in [6.07, 6.45) is 5.43. The second kappa shape index (κ2) is 10.6. The Morgan fingerprint density at radius 2 is 1.70 bits per heavy atom. The standard InChI is InChI=1S/C28H40N4O/c1-5-25-20-31(28-21(3)17-24(29-6-2)18-22(28)4)15-16-32(25)26-11-13-30(14-12-26)19-23-7-9-27(33)10-8-23/h6-10,17-18,25-26,29,33H,2,5,11-16,19-20H2,1,3-4H3. The summed E-state index contributed by atoms with van der Waals surface area (Å²) < 4.78 is 0. The number of nitrogens with one attached hydrogen (secondary N) is 1. The van der Waals surface area contributed by atoms with Crippen molar-refractivity contribution in [3.05, 3.63) is 65.9 Å². The topological polar surface area (TPSA) is 42.0 Å². The molecule has 2 aliphatic heterocycles. The largest absolute Gasteiger partial charge is 0.508 e. The first-order valence-corrected chi connectivity index (χ1v) is 12.5. The van der Waals surface area contributed by atoms with Crippen LogP contribution in [-0.2, 0) is 6.54 Å². The summed E-state index contributed by atoms with van der Waals surface area (Å²) in [6, 6.07) is 13.4. The molecule has 4 rings (SSSR count). The molecule has 2 heterocycles. The van der Waals surface area contributed by atoms with E-state index in [9.17, 15) is 5.11 Å². The van der Waals surface area contributed by atoms with Gasteiger partial charge in [0.1, 0.15) is 5.75 Å². The Bertz CT molecular complexity index is 910. The van der Waals surface area contributed by atoms with Crippen molar-refractivity contribution >= 4 is 11.4 Å².